The molecule has 0 aliphatic carbocycles. The van der Waals surface area contributed by atoms with Gasteiger partial charge in [0.2, 0.25) is 0 Å². The second-order valence-electron chi connectivity index (χ2n) is 6.80. The number of likely N-dealkylation sites (tertiary alicyclic amines) is 1. The third kappa shape index (κ3) is 3.30. The lowest BCUT2D eigenvalue weighted by molar-refractivity contribution is 0.0459. The van der Waals surface area contributed by atoms with E-state index in [0.717, 1.165) is 31.9 Å². The van der Waals surface area contributed by atoms with Crippen LogP contribution in [0.3, 0.4) is 0 Å². The van der Waals surface area contributed by atoms with Crippen LogP contribution in [0.2, 0.25) is 0 Å². The first-order valence-corrected chi connectivity index (χ1v) is 9.00. The lowest BCUT2D eigenvalue weighted by Gasteiger charge is -2.36. The molecular weight excluding hydrogens is 312 g/mol. The fraction of sp³-hybridized carbons (Fsp3) is 0.400. The van der Waals surface area contributed by atoms with Crippen molar-refractivity contribution in [2.75, 3.05) is 13.1 Å². The smallest absolute Gasteiger partial charge is 0.140 e. The predicted octanol–water partition coefficient (Wildman–Crippen LogP) is 2.80. The van der Waals surface area contributed by atoms with Gasteiger partial charge < -0.3 is 5.11 Å². The molecule has 5 heteroatoms. The molecule has 3 aromatic rings. The van der Waals surface area contributed by atoms with E-state index in [1.54, 1.807) is 6.33 Å². The van der Waals surface area contributed by atoms with Crippen molar-refractivity contribution in [3.05, 3.63) is 60.2 Å². The number of aryl methyl sites for hydroxylation is 1. The van der Waals surface area contributed by atoms with Crippen molar-refractivity contribution >= 4 is 10.8 Å². The van der Waals surface area contributed by atoms with Gasteiger partial charge in [0.25, 0.3) is 0 Å². The van der Waals surface area contributed by atoms with Crippen LogP contribution in [-0.2, 0) is 13.1 Å². The van der Waals surface area contributed by atoms with Crippen LogP contribution in [0.5, 0.6) is 0 Å². The Bertz CT molecular complexity index is 860. The number of benzene rings is 2. The van der Waals surface area contributed by atoms with Crippen LogP contribution in [0, 0.1) is 0 Å². The molecule has 0 amide bonds. The lowest BCUT2D eigenvalue weighted by Crippen LogP contribution is -2.42. The predicted molar refractivity (Wildman–Crippen MR) is 98.3 cm³/mol. The highest BCUT2D eigenvalue weighted by atomic mass is 16.3. The molecule has 1 N–H and O–H groups in total. The van der Waals surface area contributed by atoms with E-state index in [-0.39, 0.29) is 12.0 Å². The molecule has 130 valence electrons. The summed E-state index contributed by atoms with van der Waals surface area (Å²) >= 11 is 0. The number of hydrogen-bond donors (Lipinski definition) is 1. The SMILES string of the molecule is CCn1ncnc1CN1CCC(c2ccc3ccccc3c2)C(O)C1. The number of aliphatic hydroxyl groups is 1. The van der Waals surface area contributed by atoms with E-state index in [1.165, 1.54) is 16.3 Å². The maximum Gasteiger partial charge on any atom is 0.140 e. The number of aromatic nitrogens is 3. The zero-order valence-electron chi connectivity index (χ0n) is 14.5. The molecule has 5 nitrogen and oxygen atoms in total. The highest BCUT2D eigenvalue weighted by Gasteiger charge is 2.29. The Balaban J connectivity index is 1.47. The molecule has 0 bridgehead atoms. The summed E-state index contributed by atoms with van der Waals surface area (Å²) in [6, 6.07) is 14.9. The second-order valence-corrected chi connectivity index (χ2v) is 6.80. The number of piperidine rings is 1. The Kier molecular flexibility index (Phi) is 4.51. The number of hydrogen-bond acceptors (Lipinski definition) is 4. The maximum atomic E-state index is 10.7. The minimum absolute atomic E-state index is 0.199. The van der Waals surface area contributed by atoms with Crippen LogP contribution >= 0.6 is 0 Å². The molecule has 1 fully saturated rings. The molecule has 1 aliphatic heterocycles. The fourth-order valence-corrected chi connectivity index (χ4v) is 3.84. The molecule has 0 spiro atoms. The van der Waals surface area contributed by atoms with Crippen molar-refractivity contribution in [3.8, 4) is 0 Å². The van der Waals surface area contributed by atoms with Crippen molar-refractivity contribution < 1.29 is 5.11 Å². The van der Waals surface area contributed by atoms with Gasteiger partial charge in [-0.25, -0.2) is 9.67 Å². The molecule has 2 atom stereocenters. The summed E-state index contributed by atoms with van der Waals surface area (Å²) in [7, 11) is 0. The van der Waals surface area contributed by atoms with E-state index in [0.29, 0.717) is 6.54 Å². The topological polar surface area (TPSA) is 54.2 Å². The molecule has 2 unspecified atom stereocenters. The monoisotopic (exact) mass is 336 g/mol. The van der Waals surface area contributed by atoms with Gasteiger partial charge in [0.15, 0.2) is 0 Å². The van der Waals surface area contributed by atoms with Crippen LogP contribution in [0.1, 0.15) is 30.7 Å². The van der Waals surface area contributed by atoms with Gasteiger partial charge in [-0.05, 0) is 36.2 Å². The van der Waals surface area contributed by atoms with Gasteiger partial charge in [-0.2, -0.15) is 5.10 Å². The maximum absolute atomic E-state index is 10.7. The Hall–Kier alpha value is -2.24. The van der Waals surface area contributed by atoms with Crippen LogP contribution in [0.15, 0.2) is 48.8 Å². The minimum atomic E-state index is -0.354. The van der Waals surface area contributed by atoms with Gasteiger partial charge in [0.1, 0.15) is 12.2 Å². The van der Waals surface area contributed by atoms with Gasteiger partial charge in [-0.1, -0.05) is 42.5 Å². The van der Waals surface area contributed by atoms with Crippen molar-refractivity contribution in [2.24, 2.45) is 0 Å². The number of aliphatic hydroxyl groups excluding tert-OH is 1. The Morgan fingerprint density at radius 1 is 1.16 bits per heavy atom. The quantitative estimate of drug-likeness (QED) is 0.796. The molecule has 1 aromatic heterocycles. The zero-order valence-corrected chi connectivity index (χ0v) is 14.5. The average Bonchev–Trinajstić information content (AvgIpc) is 3.08. The third-order valence-electron chi connectivity index (χ3n) is 5.23. The van der Waals surface area contributed by atoms with Crippen molar-refractivity contribution in [3.63, 3.8) is 0 Å². The number of β-amino-alcohol motifs (C(OH)–C–C–N with tert-alkyl or cyclic N) is 1. The van der Waals surface area contributed by atoms with E-state index in [1.807, 2.05) is 4.68 Å². The Morgan fingerprint density at radius 2 is 2.00 bits per heavy atom. The molecule has 2 heterocycles. The van der Waals surface area contributed by atoms with Gasteiger partial charge >= 0.3 is 0 Å². The molecule has 25 heavy (non-hydrogen) atoms. The highest BCUT2D eigenvalue weighted by Crippen LogP contribution is 2.31. The first kappa shape index (κ1) is 16.2. The average molecular weight is 336 g/mol. The summed E-state index contributed by atoms with van der Waals surface area (Å²) in [5.41, 5.74) is 1.24. The first-order valence-electron chi connectivity index (χ1n) is 9.00. The number of fused-ring (bicyclic) bond motifs is 1. The zero-order chi connectivity index (χ0) is 17.2. The summed E-state index contributed by atoms with van der Waals surface area (Å²) in [6.07, 6.45) is 2.21. The summed E-state index contributed by atoms with van der Waals surface area (Å²) in [5.74, 6) is 1.17. The normalized spacial score (nSPS) is 21.7. The van der Waals surface area contributed by atoms with Gasteiger partial charge in [0.05, 0.1) is 12.6 Å². The van der Waals surface area contributed by atoms with E-state index in [4.69, 9.17) is 0 Å². The molecule has 4 rings (SSSR count). The summed E-state index contributed by atoms with van der Waals surface area (Å²) in [5, 5.41) is 17.5. The summed E-state index contributed by atoms with van der Waals surface area (Å²) in [4.78, 5) is 6.62. The van der Waals surface area contributed by atoms with E-state index in [9.17, 15) is 5.11 Å². The molecule has 0 saturated carbocycles. The van der Waals surface area contributed by atoms with Crippen molar-refractivity contribution in [1.82, 2.24) is 19.7 Å². The van der Waals surface area contributed by atoms with Crippen molar-refractivity contribution in [2.45, 2.75) is 38.5 Å². The molecule has 2 aromatic carbocycles. The van der Waals surface area contributed by atoms with E-state index < -0.39 is 0 Å². The van der Waals surface area contributed by atoms with E-state index >= 15 is 0 Å². The minimum Gasteiger partial charge on any atom is -0.391 e. The molecule has 0 radical (unpaired) electrons. The summed E-state index contributed by atoms with van der Waals surface area (Å²) < 4.78 is 1.92. The largest absolute Gasteiger partial charge is 0.391 e. The van der Waals surface area contributed by atoms with Crippen LogP contribution < -0.4 is 0 Å². The molecule has 1 aliphatic rings. The van der Waals surface area contributed by atoms with Gasteiger partial charge in [-0.3, -0.25) is 4.90 Å². The van der Waals surface area contributed by atoms with Crippen LogP contribution in [0.25, 0.3) is 10.8 Å². The second kappa shape index (κ2) is 6.94. The van der Waals surface area contributed by atoms with Gasteiger partial charge in [-0.15, -0.1) is 0 Å². The Labute approximate surface area is 147 Å². The molecule has 1 saturated heterocycles. The van der Waals surface area contributed by atoms with Crippen LogP contribution in [-0.4, -0.2) is 44.0 Å². The Morgan fingerprint density at radius 3 is 2.80 bits per heavy atom. The molecular formula is C20H24N4O. The number of rotatable bonds is 4. The van der Waals surface area contributed by atoms with Gasteiger partial charge in [0, 0.05) is 19.0 Å². The first-order chi connectivity index (χ1) is 12.2. The highest BCUT2D eigenvalue weighted by molar-refractivity contribution is 5.83. The summed E-state index contributed by atoms with van der Waals surface area (Å²) in [6.45, 7) is 5.28. The van der Waals surface area contributed by atoms with Crippen LogP contribution in [0.4, 0.5) is 0 Å². The third-order valence-corrected chi connectivity index (χ3v) is 5.23. The number of nitrogens with zero attached hydrogens (tertiary/aromatic N) is 4. The van der Waals surface area contributed by atoms with Crippen molar-refractivity contribution in [1.29, 1.82) is 0 Å². The standard InChI is InChI=1S/C20H24N4O/c1-2-24-20(21-14-22-24)13-23-10-9-18(19(25)12-23)17-8-7-15-5-3-4-6-16(15)11-17/h3-8,11,14,18-19,25H,2,9-10,12-13H2,1H3. The lowest BCUT2D eigenvalue weighted by atomic mass is 9.86. The fourth-order valence-electron chi connectivity index (χ4n) is 3.84. The van der Waals surface area contributed by atoms with E-state index in [2.05, 4.69) is 64.4 Å².